The number of methoxy groups -OCH3 is 1. The summed E-state index contributed by atoms with van der Waals surface area (Å²) < 4.78 is 5.09. The van der Waals surface area contributed by atoms with Gasteiger partial charge in [-0.2, -0.15) is 0 Å². The number of benzene rings is 1. The summed E-state index contributed by atoms with van der Waals surface area (Å²) >= 11 is 0. The van der Waals surface area contributed by atoms with Gasteiger partial charge in [-0.3, -0.25) is 4.79 Å². The molecule has 1 rings (SSSR count). The highest BCUT2D eigenvalue weighted by Gasteiger charge is 2.17. The van der Waals surface area contributed by atoms with Gasteiger partial charge in [-0.1, -0.05) is 31.1 Å². The molecule has 0 aliphatic carbocycles. The molecule has 1 aromatic rings. The van der Waals surface area contributed by atoms with Crippen molar-refractivity contribution in [1.29, 1.82) is 0 Å². The van der Waals surface area contributed by atoms with Crippen LogP contribution in [-0.4, -0.2) is 36.7 Å². The number of amides is 1. The first-order chi connectivity index (χ1) is 9.49. The molecular formula is C14H21N3O3. The summed E-state index contributed by atoms with van der Waals surface area (Å²) in [5.74, 6) is 0.0106. The molecule has 0 spiro atoms. The Labute approximate surface area is 118 Å². The van der Waals surface area contributed by atoms with Crippen LogP contribution < -0.4 is 11.1 Å². The van der Waals surface area contributed by atoms with Crippen molar-refractivity contribution in [3.63, 3.8) is 0 Å². The van der Waals surface area contributed by atoms with E-state index in [9.17, 15) is 4.79 Å². The molecule has 1 aromatic carbocycles. The van der Waals surface area contributed by atoms with Crippen LogP contribution in [0, 0.1) is 5.92 Å². The Kier molecular flexibility index (Phi) is 5.99. The van der Waals surface area contributed by atoms with Crippen LogP contribution in [-0.2, 0) is 4.74 Å². The van der Waals surface area contributed by atoms with Crippen molar-refractivity contribution >= 4 is 11.7 Å². The fraction of sp³-hybridized carbons (Fsp3) is 0.429. The number of carbonyl (C=O) groups is 1. The third kappa shape index (κ3) is 4.24. The van der Waals surface area contributed by atoms with E-state index in [0.717, 1.165) is 0 Å². The van der Waals surface area contributed by atoms with E-state index in [2.05, 4.69) is 10.5 Å². The second kappa shape index (κ2) is 7.49. The fourth-order valence-corrected chi connectivity index (χ4v) is 1.71. The predicted molar refractivity (Wildman–Crippen MR) is 76.9 cm³/mol. The van der Waals surface area contributed by atoms with E-state index >= 15 is 0 Å². The molecular weight excluding hydrogens is 258 g/mol. The first kappa shape index (κ1) is 16.0. The van der Waals surface area contributed by atoms with Crippen LogP contribution >= 0.6 is 0 Å². The summed E-state index contributed by atoms with van der Waals surface area (Å²) in [5.41, 5.74) is 6.46. The van der Waals surface area contributed by atoms with Gasteiger partial charge in [0.2, 0.25) is 0 Å². The van der Waals surface area contributed by atoms with Crippen LogP contribution in [0.4, 0.5) is 0 Å². The summed E-state index contributed by atoms with van der Waals surface area (Å²) in [4.78, 5) is 12.2. The second-order valence-electron chi connectivity index (χ2n) is 4.85. The van der Waals surface area contributed by atoms with Crippen molar-refractivity contribution in [2.24, 2.45) is 16.8 Å². The third-order valence-electron chi connectivity index (χ3n) is 3.00. The topological polar surface area (TPSA) is 96.9 Å². The molecule has 1 atom stereocenters. The normalized spacial score (nSPS) is 13.3. The van der Waals surface area contributed by atoms with Gasteiger partial charge in [0.15, 0.2) is 5.84 Å². The largest absolute Gasteiger partial charge is 0.409 e. The van der Waals surface area contributed by atoms with Gasteiger partial charge in [0.1, 0.15) is 0 Å². The number of nitrogens with two attached hydrogens (primary N) is 1. The van der Waals surface area contributed by atoms with Crippen molar-refractivity contribution in [2.45, 2.75) is 19.9 Å². The van der Waals surface area contributed by atoms with Gasteiger partial charge in [0.05, 0.1) is 12.6 Å². The Morgan fingerprint density at radius 2 is 2.10 bits per heavy atom. The molecule has 0 aliphatic rings. The maximum absolute atomic E-state index is 12.2. The highest BCUT2D eigenvalue weighted by Crippen LogP contribution is 2.08. The SMILES string of the molecule is COCC(NC(=O)c1cccc(C(N)=NO)c1)C(C)C. The fourth-order valence-electron chi connectivity index (χ4n) is 1.71. The predicted octanol–water partition coefficient (Wildman–Crippen LogP) is 1.18. The lowest BCUT2D eigenvalue weighted by Gasteiger charge is -2.21. The minimum absolute atomic E-state index is 0.0306. The first-order valence-electron chi connectivity index (χ1n) is 6.37. The van der Waals surface area contributed by atoms with Gasteiger partial charge in [-0.25, -0.2) is 0 Å². The molecule has 1 amide bonds. The van der Waals surface area contributed by atoms with Crippen molar-refractivity contribution in [3.8, 4) is 0 Å². The minimum atomic E-state index is -0.215. The van der Waals surface area contributed by atoms with Crippen molar-refractivity contribution in [1.82, 2.24) is 5.32 Å². The Bertz CT molecular complexity index is 486. The van der Waals surface area contributed by atoms with Crippen LogP contribution in [0.5, 0.6) is 0 Å². The summed E-state index contributed by atoms with van der Waals surface area (Å²) in [6, 6.07) is 6.53. The van der Waals surface area contributed by atoms with Crippen molar-refractivity contribution in [2.75, 3.05) is 13.7 Å². The average molecular weight is 279 g/mol. The molecule has 6 heteroatoms. The van der Waals surface area contributed by atoms with Gasteiger partial charge in [0, 0.05) is 18.2 Å². The molecule has 0 radical (unpaired) electrons. The number of nitrogens with one attached hydrogen (secondary N) is 1. The summed E-state index contributed by atoms with van der Waals surface area (Å²) in [5, 5.41) is 14.5. The second-order valence-corrected chi connectivity index (χ2v) is 4.85. The highest BCUT2D eigenvalue weighted by molar-refractivity contribution is 6.01. The number of hydrogen-bond acceptors (Lipinski definition) is 4. The number of hydrogen-bond donors (Lipinski definition) is 3. The molecule has 0 aliphatic heterocycles. The molecule has 0 bridgehead atoms. The van der Waals surface area contributed by atoms with Crippen LogP contribution in [0.15, 0.2) is 29.4 Å². The number of oxime groups is 1. The molecule has 0 fully saturated rings. The molecule has 110 valence electrons. The number of amidine groups is 1. The summed E-state index contributed by atoms with van der Waals surface area (Å²) in [6.45, 7) is 4.47. The van der Waals surface area contributed by atoms with Gasteiger partial charge >= 0.3 is 0 Å². The Morgan fingerprint density at radius 1 is 1.45 bits per heavy atom. The van der Waals surface area contributed by atoms with E-state index in [4.69, 9.17) is 15.7 Å². The van der Waals surface area contributed by atoms with E-state index in [0.29, 0.717) is 17.7 Å². The van der Waals surface area contributed by atoms with E-state index < -0.39 is 0 Å². The van der Waals surface area contributed by atoms with Crippen molar-refractivity contribution < 1.29 is 14.7 Å². The van der Waals surface area contributed by atoms with Crippen molar-refractivity contribution in [3.05, 3.63) is 35.4 Å². The number of nitrogens with zero attached hydrogens (tertiary/aromatic N) is 1. The third-order valence-corrected chi connectivity index (χ3v) is 3.00. The van der Waals surface area contributed by atoms with Gasteiger partial charge in [-0.05, 0) is 18.1 Å². The molecule has 4 N–H and O–H groups in total. The maximum atomic E-state index is 12.2. The van der Waals surface area contributed by atoms with Crippen LogP contribution in [0.1, 0.15) is 29.8 Å². The number of carbonyl (C=O) groups excluding carboxylic acids is 1. The van der Waals surface area contributed by atoms with Crippen LogP contribution in [0.2, 0.25) is 0 Å². The molecule has 0 aromatic heterocycles. The van der Waals surface area contributed by atoms with Gasteiger partial charge in [0.25, 0.3) is 5.91 Å². The number of rotatable bonds is 6. The Hall–Kier alpha value is -2.08. The lowest BCUT2D eigenvalue weighted by atomic mass is 10.0. The maximum Gasteiger partial charge on any atom is 0.251 e. The van der Waals surface area contributed by atoms with Crippen LogP contribution in [0.3, 0.4) is 0 Å². The van der Waals surface area contributed by atoms with E-state index in [1.165, 1.54) is 0 Å². The van der Waals surface area contributed by atoms with Gasteiger partial charge < -0.3 is 21.0 Å². The minimum Gasteiger partial charge on any atom is -0.409 e. The standard InChI is InChI=1S/C14H21N3O3/c1-9(2)12(8-20-3)16-14(18)11-6-4-5-10(7-11)13(15)17-19/h4-7,9,12,19H,8H2,1-3H3,(H2,15,17)(H,16,18). The molecule has 0 heterocycles. The number of ether oxygens (including phenoxy) is 1. The van der Waals surface area contributed by atoms with Crippen LogP contribution in [0.25, 0.3) is 0 Å². The molecule has 6 nitrogen and oxygen atoms in total. The van der Waals surface area contributed by atoms with E-state index in [1.807, 2.05) is 13.8 Å². The zero-order valence-corrected chi connectivity index (χ0v) is 12.0. The molecule has 0 saturated carbocycles. The Morgan fingerprint density at radius 3 is 2.65 bits per heavy atom. The summed E-state index contributed by atoms with van der Waals surface area (Å²) in [6.07, 6.45) is 0. The first-order valence-corrected chi connectivity index (χ1v) is 6.37. The Balaban J connectivity index is 2.86. The van der Waals surface area contributed by atoms with Gasteiger partial charge in [-0.15, -0.1) is 0 Å². The average Bonchev–Trinajstić information content (AvgIpc) is 2.45. The quantitative estimate of drug-likeness (QED) is 0.315. The lowest BCUT2D eigenvalue weighted by Crippen LogP contribution is -2.41. The highest BCUT2D eigenvalue weighted by atomic mass is 16.5. The lowest BCUT2D eigenvalue weighted by molar-refractivity contribution is 0.0866. The van der Waals surface area contributed by atoms with E-state index in [1.54, 1.807) is 31.4 Å². The zero-order chi connectivity index (χ0) is 15.1. The smallest absolute Gasteiger partial charge is 0.251 e. The molecule has 20 heavy (non-hydrogen) atoms. The monoisotopic (exact) mass is 279 g/mol. The molecule has 0 saturated heterocycles. The van der Waals surface area contributed by atoms with E-state index in [-0.39, 0.29) is 23.7 Å². The molecule has 1 unspecified atom stereocenters. The summed E-state index contributed by atoms with van der Waals surface area (Å²) in [7, 11) is 1.60. The zero-order valence-electron chi connectivity index (χ0n) is 12.0.